The van der Waals surface area contributed by atoms with Gasteiger partial charge in [-0.3, -0.25) is 9.36 Å². The molecule has 6 nitrogen and oxygen atoms in total. The molecule has 1 aromatic heterocycles. The Morgan fingerprint density at radius 1 is 1.59 bits per heavy atom. The van der Waals surface area contributed by atoms with Gasteiger partial charge in [-0.05, 0) is 6.42 Å². The highest BCUT2D eigenvalue weighted by Gasteiger charge is 2.51. The van der Waals surface area contributed by atoms with E-state index >= 15 is 0 Å². The highest BCUT2D eigenvalue weighted by molar-refractivity contribution is 5.10. The van der Waals surface area contributed by atoms with E-state index in [1.807, 2.05) is 6.92 Å². The largest absolute Gasteiger partial charge is 0.455 e. The molecule has 4 atom stereocenters. The molecule has 0 radical (unpaired) electrons. The summed E-state index contributed by atoms with van der Waals surface area (Å²) >= 11 is 0. The first-order valence-corrected chi connectivity index (χ1v) is 5.68. The number of hydrogen-bond donors (Lipinski definition) is 0. The molecule has 2 aliphatic heterocycles. The molecule has 1 saturated heterocycles. The summed E-state index contributed by atoms with van der Waals surface area (Å²) in [6.45, 7) is 2.03. The Labute approximate surface area is 98.1 Å². The van der Waals surface area contributed by atoms with Crippen molar-refractivity contribution in [2.24, 2.45) is 0 Å². The molecule has 0 N–H and O–H groups in total. The predicted molar refractivity (Wildman–Crippen MR) is 57.9 cm³/mol. The molecule has 17 heavy (non-hydrogen) atoms. The van der Waals surface area contributed by atoms with Gasteiger partial charge in [-0.2, -0.15) is 4.98 Å². The Morgan fingerprint density at radius 3 is 3.12 bits per heavy atom. The third-order valence-corrected chi connectivity index (χ3v) is 3.28. The fourth-order valence-electron chi connectivity index (χ4n) is 2.45. The van der Waals surface area contributed by atoms with Crippen LogP contribution in [0.1, 0.15) is 19.6 Å². The van der Waals surface area contributed by atoms with Crippen LogP contribution < -0.4 is 10.3 Å². The molecule has 3 rings (SSSR count). The molecular formula is C11H14N2O4. The number of nitrogens with zero attached hydrogens (tertiary/aromatic N) is 2. The molecule has 1 unspecified atom stereocenters. The fourth-order valence-corrected chi connectivity index (χ4v) is 2.45. The standard InChI is InChI=1S/C11H14N2O4/c1-3-6-8-9(15-2)10(16-6)13-5-4-7(14)12-11(13)17-8/h4-6,8-10H,3H2,1-2H3/t6-,8?,9-,10-/m1/s1. The third kappa shape index (κ3) is 1.48. The van der Waals surface area contributed by atoms with Gasteiger partial charge >= 0.3 is 6.01 Å². The normalized spacial score (nSPS) is 34.2. The molecule has 3 heterocycles. The molecule has 1 aromatic rings. The van der Waals surface area contributed by atoms with Gasteiger partial charge in [0, 0.05) is 19.4 Å². The Hall–Kier alpha value is -1.40. The van der Waals surface area contributed by atoms with Gasteiger partial charge in [-0.15, -0.1) is 0 Å². The maximum absolute atomic E-state index is 11.2. The quantitative estimate of drug-likeness (QED) is 0.742. The van der Waals surface area contributed by atoms with Crippen LogP contribution in [0.25, 0.3) is 0 Å². The maximum atomic E-state index is 11.2. The highest BCUT2D eigenvalue weighted by atomic mass is 16.6. The van der Waals surface area contributed by atoms with E-state index in [0.29, 0.717) is 6.01 Å². The Bertz CT molecular complexity index is 487. The lowest BCUT2D eigenvalue weighted by Gasteiger charge is -2.30. The lowest BCUT2D eigenvalue weighted by molar-refractivity contribution is -0.0685. The van der Waals surface area contributed by atoms with Crippen LogP contribution in [0.15, 0.2) is 17.1 Å². The van der Waals surface area contributed by atoms with E-state index < -0.39 is 0 Å². The van der Waals surface area contributed by atoms with Crippen molar-refractivity contribution in [1.82, 2.24) is 9.55 Å². The first-order chi connectivity index (χ1) is 8.24. The number of ether oxygens (including phenoxy) is 3. The predicted octanol–water partition coefficient (Wildman–Crippen LogP) is 0.327. The Morgan fingerprint density at radius 2 is 2.41 bits per heavy atom. The van der Waals surface area contributed by atoms with E-state index in [1.54, 1.807) is 17.9 Å². The lowest BCUT2D eigenvalue weighted by atomic mass is 10.1. The van der Waals surface area contributed by atoms with Crippen LogP contribution in [-0.2, 0) is 9.47 Å². The molecule has 0 aromatic carbocycles. The van der Waals surface area contributed by atoms with Crippen LogP contribution >= 0.6 is 0 Å². The minimum absolute atomic E-state index is 0.0262. The second-order valence-corrected chi connectivity index (χ2v) is 4.21. The Balaban J connectivity index is 2.06. The molecule has 6 heteroatoms. The van der Waals surface area contributed by atoms with Gasteiger partial charge in [0.15, 0.2) is 12.3 Å². The average Bonchev–Trinajstić information content (AvgIpc) is 2.59. The van der Waals surface area contributed by atoms with Crippen LogP contribution in [0.5, 0.6) is 6.01 Å². The number of hydrogen-bond acceptors (Lipinski definition) is 5. The molecular weight excluding hydrogens is 224 g/mol. The third-order valence-electron chi connectivity index (χ3n) is 3.28. The minimum Gasteiger partial charge on any atom is -0.455 e. The molecule has 0 saturated carbocycles. The van der Waals surface area contributed by atoms with Crippen molar-refractivity contribution >= 4 is 0 Å². The van der Waals surface area contributed by atoms with Crippen LogP contribution in [0.2, 0.25) is 0 Å². The summed E-state index contributed by atoms with van der Waals surface area (Å²) in [6, 6.07) is 1.71. The molecule has 0 amide bonds. The van der Waals surface area contributed by atoms with Gasteiger partial charge in [0.05, 0.1) is 6.10 Å². The average molecular weight is 238 g/mol. The van der Waals surface area contributed by atoms with E-state index in [4.69, 9.17) is 14.2 Å². The molecule has 92 valence electrons. The molecule has 0 aliphatic carbocycles. The van der Waals surface area contributed by atoms with Gasteiger partial charge < -0.3 is 14.2 Å². The Kier molecular flexibility index (Phi) is 2.41. The monoisotopic (exact) mass is 238 g/mol. The van der Waals surface area contributed by atoms with E-state index in [2.05, 4.69) is 4.98 Å². The summed E-state index contributed by atoms with van der Waals surface area (Å²) in [7, 11) is 1.64. The smallest absolute Gasteiger partial charge is 0.302 e. The second-order valence-electron chi connectivity index (χ2n) is 4.21. The second kappa shape index (κ2) is 3.82. The fraction of sp³-hybridized carbons (Fsp3) is 0.636. The first kappa shape index (κ1) is 10.7. The van der Waals surface area contributed by atoms with E-state index in [-0.39, 0.29) is 30.1 Å². The SMILES string of the molecule is CC[C@H]1O[C@@H]2[C@H](OC)C1Oc1nc(=O)ccn12. The summed E-state index contributed by atoms with van der Waals surface area (Å²) < 4.78 is 18.7. The van der Waals surface area contributed by atoms with Crippen molar-refractivity contribution in [1.29, 1.82) is 0 Å². The molecule has 0 spiro atoms. The van der Waals surface area contributed by atoms with E-state index in [9.17, 15) is 4.79 Å². The summed E-state index contributed by atoms with van der Waals surface area (Å²) in [5.41, 5.74) is -0.306. The van der Waals surface area contributed by atoms with Crippen molar-refractivity contribution in [2.75, 3.05) is 7.11 Å². The van der Waals surface area contributed by atoms with Crippen molar-refractivity contribution in [3.8, 4) is 6.01 Å². The van der Waals surface area contributed by atoms with Gasteiger partial charge in [-0.1, -0.05) is 6.92 Å². The number of fused-ring (bicyclic) bond motifs is 4. The number of aromatic nitrogens is 2. The summed E-state index contributed by atoms with van der Waals surface area (Å²) in [5, 5.41) is 0. The summed E-state index contributed by atoms with van der Waals surface area (Å²) in [4.78, 5) is 15.0. The van der Waals surface area contributed by atoms with Crippen LogP contribution in [-0.4, -0.2) is 35.0 Å². The minimum atomic E-state index is -0.306. The zero-order valence-corrected chi connectivity index (χ0v) is 9.70. The molecule has 1 fully saturated rings. The maximum Gasteiger partial charge on any atom is 0.302 e. The van der Waals surface area contributed by atoms with Crippen LogP contribution in [0.3, 0.4) is 0 Å². The number of methoxy groups -OCH3 is 1. The van der Waals surface area contributed by atoms with Crippen LogP contribution in [0, 0.1) is 0 Å². The van der Waals surface area contributed by atoms with Crippen LogP contribution in [0.4, 0.5) is 0 Å². The summed E-state index contributed by atoms with van der Waals surface area (Å²) in [5.74, 6) is 0. The summed E-state index contributed by atoms with van der Waals surface area (Å²) in [6.07, 6.45) is 1.84. The van der Waals surface area contributed by atoms with Crippen molar-refractivity contribution < 1.29 is 14.2 Å². The van der Waals surface area contributed by atoms with Crippen molar-refractivity contribution in [3.63, 3.8) is 0 Å². The van der Waals surface area contributed by atoms with Gasteiger partial charge in [-0.25, -0.2) is 0 Å². The van der Waals surface area contributed by atoms with Crippen molar-refractivity contribution in [3.05, 3.63) is 22.6 Å². The van der Waals surface area contributed by atoms with Gasteiger partial charge in [0.2, 0.25) is 0 Å². The highest BCUT2D eigenvalue weighted by Crippen LogP contribution is 2.40. The zero-order chi connectivity index (χ0) is 12.0. The lowest BCUT2D eigenvalue weighted by Crippen LogP contribution is -2.43. The van der Waals surface area contributed by atoms with Gasteiger partial charge in [0.1, 0.15) is 6.10 Å². The first-order valence-electron chi connectivity index (χ1n) is 5.68. The number of rotatable bonds is 2. The van der Waals surface area contributed by atoms with E-state index in [1.165, 1.54) is 6.07 Å². The topological polar surface area (TPSA) is 62.6 Å². The molecule has 2 aliphatic rings. The van der Waals surface area contributed by atoms with Crippen molar-refractivity contribution in [2.45, 2.75) is 37.9 Å². The molecule has 2 bridgehead atoms. The zero-order valence-electron chi connectivity index (χ0n) is 9.70. The van der Waals surface area contributed by atoms with E-state index in [0.717, 1.165) is 6.42 Å². The van der Waals surface area contributed by atoms with Gasteiger partial charge in [0.25, 0.3) is 5.56 Å².